The van der Waals surface area contributed by atoms with Gasteiger partial charge in [0.05, 0.1) is 12.2 Å². The van der Waals surface area contributed by atoms with Crippen LogP contribution >= 0.6 is 0 Å². The first-order valence-electron chi connectivity index (χ1n) is 6.43. The van der Waals surface area contributed by atoms with Crippen molar-refractivity contribution in [1.82, 2.24) is 25.1 Å². The summed E-state index contributed by atoms with van der Waals surface area (Å²) >= 11 is 0. The number of amides is 1. The minimum absolute atomic E-state index is 0.0935. The second-order valence-corrected chi connectivity index (χ2v) is 5.09. The van der Waals surface area contributed by atoms with Gasteiger partial charge in [0.2, 0.25) is 0 Å². The van der Waals surface area contributed by atoms with E-state index < -0.39 is 0 Å². The molecule has 1 aliphatic rings. The number of pyridine rings is 1. The highest BCUT2D eigenvalue weighted by Crippen LogP contribution is 2.44. The number of hydrogen-bond donors (Lipinski definition) is 2. The topological polar surface area (TPSA) is 92.9 Å². The van der Waals surface area contributed by atoms with Crippen molar-refractivity contribution in [2.45, 2.75) is 12.8 Å². The number of aliphatic hydroxyl groups excluding tert-OH is 1. The predicted octanol–water partition coefficient (Wildman–Crippen LogP) is 0.165. The lowest BCUT2D eigenvalue weighted by atomic mass is 10.1. The lowest BCUT2D eigenvalue weighted by Crippen LogP contribution is -2.31. The van der Waals surface area contributed by atoms with Crippen LogP contribution in [-0.4, -0.2) is 43.9 Å². The van der Waals surface area contributed by atoms with E-state index in [4.69, 9.17) is 0 Å². The Morgan fingerprint density at radius 2 is 2.30 bits per heavy atom. The van der Waals surface area contributed by atoms with Crippen LogP contribution in [0.1, 0.15) is 23.2 Å². The summed E-state index contributed by atoms with van der Waals surface area (Å²) in [6.07, 6.45) is 6.40. The number of hydrogen-bond acceptors (Lipinski definition) is 5. The standard InChI is InChI=1S/C13H15N5O2/c19-7-13(3-4-13)6-16-12(20)10-1-2-11(15-5-10)18-9-14-8-17-18/h1-2,5,8-9,19H,3-4,6-7H2,(H,16,20). The van der Waals surface area contributed by atoms with Gasteiger partial charge in [0, 0.05) is 18.2 Å². The summed E-state index contributed by atoms with van der Waals surface area (Å²) in [5, 5.41) is 16.0. The van der Waals surface area contributed by atoms with E-state index in [2.05, 4.69) is 20.4 Å². The van der Waals surface area contributed by atoms with Crippen molar-refractivity contribution < 1.29 is 9.90 Å². The molecule has 2 aromatic heterocycles. The van der Waals surface area contributed by atoms with E-state index in [9.17, 15) is 9.90 Å². The van der Waals surface area contributed by atoms with E-state index in [1.807, 2.05) is 0 Å². The van der Waals surface area contributed by atoms with Crippen LogP contribution in [0.5, 0.6) is 0 Å². The highest BCUT2D eigenvalue weighted by molar-refractivity contribution is 5.93. The van der Waals surface area contributed by atoms with Crippen LogP contribution in [-0.2, 0) is 0 Å². The van der Waals surface area contributed by atoms with Gasteiger partial charge in [0.15, 0.2) is 5.82 Å². The first-order chi connectivity index (χ1) is 9.72. The van der Waals surface area contributed by atoms with Crippen LogP contribution in [0.2, 0.25) is 0 Å². The third-order valence-electron chi connectivity index (χ3n) is 3.58. The average Bonchev–Trinajstić information content (AvgIpc) is 3.07. The Morgan fingerprint density at radius 3 is 2.85 bits per heavy atom. The number of rotatable bonds is 5. The molecule has 0 bridgehead atoms. The number of nitrogens with zero attached hydrogens (tertiary/aromatic N) is 4. The molecule has 0 radical (unpaired) electrons. The van der Waals surface area contributed by atoms with Crippen LogP contribution < -0.4 is 5.32 Å². The summed E-state index contributed by atoms with van der Waals surface area (Å²) in [5.74, 6) is 0.426. The molecule has 20 heavy (non-hydrogen) atoms. The first kappa shape index (κ1) is 12.7. The van der Waals surface area contributed by atoms with Gasteiger partial charge in [-0.15, -0.1) is 0 Å². The van der Waals surface area contributed by atoms with E-state index in [0.717, 1.165) is 12.8 Å². The molecule has 2 heterocycles. The molecule has 1 aliphatic carbocycles. The minimum atomic E-state index is -0.178. The van der Waals surface area contributed by atoms with Gasteiger partial charge in [-0.05, 0) is 25.0 Å². The molecular formula is C13H15N5O2. The normalized spacial score (nSPS) is 15.8. The zero-order valence-corrected chi connectivity index (χ0v) is 10.9. The third kappa shape index (κ3) is 2.53. The van der Waals surface area contributed by atoms with Gasteiger partial charge in [-0.3, -0.25) is 4.79 Å². The molecule has 7 nitrogen and oxygen atoms in total. The maximum Gasteiger partial charge on any atom is 0.252 e. The molecule has 0 aliphatic heterocycles. The number of carbonyl (C=O) groups is 1. The Morgan fingerprint density at radius 1 is 1.45 bits per heavy atom. The second kappa shape index (κ2) is 5.01. The van der Waals surface area contributed by atoms with E-state index in [0.29, 0.717) is 17.9 Å². The highest BCUT2D eigenvalue weighted by atomic mass is 16.3. The van der Waals surface area contributed by atoms with Crippen molar-refractivity contribution >= 4 is 5.91 Å². The van der Waals surface area contributed by atoms with Crippen LogP contribution in [0.3, 0.4) is 0 Å². The first-order valence-corrected chi connectivity index (χ1v) is 6.43. The second-order valence-electron chi connectivity index (χ2n) is 5.09. The maximum absolute atomic E-state index is 12.0. The molecule has 0 atom stereocenters. The summed E-state index contributed by atoms with van der Waals surface area (Å²) < 4.78 is 1.52. The molecule has 1 fully saturated rings. The smallest absolute Gasteiger partial charge is 0.252 e. The quantitative estimate of drug-likeness (QED) is 0.809. The molecule has 3 rings (SSSR count). The molecule has 104 valence electrons. The van der Waals surface area contributed by atoms with Gasteiger partial charge in [-0.2, -0.15) is 5.10 Å². The predicted molar refractivity (Wildman–Crippen MR) is 70.2 cm³/mol. The monoisotopic (exact) mass is 273 g/mol. The summed E-state index contributed by atoms with van der Waals surface area (Å²) in [6.45, 7) is 0.629. The Balaban J connectivity index is 1.64. The molecule has 1 amide bonds. The molecule has 0 saturated heterocycles. The van der Waals surface area contributed by atoms with E-state index in [-0.39, 0.29) is 17.9 Å². The van der Waals surface area contributed by atoms with Gasteiger partial charge < -0.3 is 10.4 Å². The molecule has 2 N–H and O–H groups in total. The van der Waals surface area contributed by atoms with Crippen LogP contribution in [0.15, 0.2) is 31.0 Å². The number of carbonyl (C=O) groups excluding carboxylic acids is 1. The van der Waals surface area contributed by atoms with Gasteiger partial charge in [-0.1, -0.05) is 0 Å². The third-order valence-corrected chi connectivity index (χ3v) is 3.58. The van der Waals surface area contributed by atoms with E-state index in [1.54, 1.807) is 18.5 Å². The van der Waals surface area contributed by atoms with E-state index in [1.165, 1.54) is 17.2 Å². The molecule has 2 aromatic rings. The van der Waals surface area contributed by atoms with Gasteiger partial charge in [-0.25, -0.2) is 14.6 Å². The Kier molecular flexibility index (Phi) is 3.19. The van der Waals surface area contributed by atoms with Gasteiger partial charge >= 0.3 is 0 Å². The SMILES string of the molecule is O=C(NCC1(CO)CC1)c1ccc(-n2cncn2)nc1. The molecule has 0 unspecified atom stereocenters. The molecular weight excluding hydrogens is 258 g/mol. The molecule has 1 saturated carbocycles. The maximum atomic E-state index is 12.0. The average molecular weight is 273 g/mol. The lowest BCUT2D eigenvalue weighted by Gasteiger charge is -2.12. The summed E-state index contributed by atoms with van der Waals surface area (Å²) in [5.41, 5.74) is 0.395. The fourth-order valence-corrected chi connectivity index (χ4v) is 1.92. The summed E-state index contributed by atoms with van der Waals surface area (Å²) in [4.78, 5) is 20.0. The lowest BCUT2D eigenvalue weighted by molar-refractivity contribution is 0.0935. The Hall–Kier alpha value is -2.28. The van der Waals surface area contributed by atoms with Gasteiger partial charge in [0.25, 0.3) is 5.91 Å². The zero-order valence-electron chi connectivity index (χ0n) is 10.9. The van der Waals surface area contributed by atoms with Gasteiger partial charge in [0.1, 0.15) is 12.7 Å². The fraction of sp³-hybridized carbons (Fsp3) is 0.385. The Bertz CT molecular complexity index is 590. The highest BCUT2D eigenvalue weighted by Gasteiger charge is 2.42. The minimum Gasteiger partial charge on any atom is -0.396 e. The van der Waals surface area contributed by atoms with Crippen LogP contribution in [0, 0.1) is 5.41 Å². The summed E-state index contributed by atoms with van der Waals surface area (Å²) in [6, 6.07) is 3.40. The number of aromatic nitrogens is 4. The Labute approximate surface area is 115 Å². The van der Waals surface area contributed by atoms with Crippen molar-refractivity contribution in [3.63, 3.8) is 0 Å². The molecule has 0 aromatic carbocycles. The van der Waals surface area contributed by atoms with Crippen LogP contribution in [0.25, 0.3) is 5.82 Å². The van der Waals surface area contributed by atoms with Crippen LogP contribution in [0.4, 0.5) is 0 Å². The zero-order chi connectivity index (χ0) is 14.0. The van der Waals surface area contributed by atoms with Crippen molar-refractivity contribution in [2.75, 3.05) is 13.2 Å². The fourth-order valence-electron chi connectivity index (χ4n) is 1.92. The van der Waals surface area contributed by atoms with E-state index >= 15 is 0 Å². The van der Waals surface area contributed by atoms with Crippen molar-refractivity contribution in [3.8, 4) is 5.82 Å². The summed E-state index contributed by atoms with van der Waals surface area (Å²) in [7, 11) is 0. The largest absolute Gasteiger partial charge is 0.396 e. The molecule has 7 heteroatoms. The number of aliphatic hydroxyl groups is 1. The molecule has 0 spiro atoms. The van der Waals surface area contributed by atoms with Crippen molar-refractivity contribution in [2.24, 2.45) is 5.41 Å². The van der Waals surface area contributed by atoms with Crippen molar-refractivity contribution in [3.05, 3.63) is 36.5 Å². The number of nitrogens with one attached hydrogen (secondary N) is 1. The van der Waals surface area contributed by atoms with Crippen molar-refractivity contribution in [1.29, 1.82) is 0 Å².